The molecule has 0 bridgehead atoms. The van der Waals surface area contributed by atoms with E-state index in [4.69, 9.17) is 4.89 Å². The lowest BCUT2D eigenvalue weighted by atomic mass is 9.61. The summed E-state index contributed by atoms with van der Waals surface area (Å²) < 4.78 is 0. The summed E-state index contributed by atoms with van der Waals surface area (Å²) >= 11 is 0. The third-order valence-electron chi connectivity index (χ3n) is 8.75. The van der Waals surface area contributed by atoms with Crippen molar-refractivity contribution in [3.05, 3.63) is 47.6 Å². The van der Waals surface area contributed by atoms with E-state index in [-0.39, 0.29) is 0 Å². The Bertz CT molecular complexity index is 731. The van der Waals surface area contributed by atoms with Crippen molar-refractivity contribution in [2.45, 2.75) is 91.8 Å². The molecule has 3 aliphatic carbocycles. The first-order valence-corrected chi connectivity index (χ1v) is 12.4. The first-order chi connectivity index (χ1) is 14.7. The Kier molecular flexibility index (Phi) is 8.05. The molecular formula is C28H44O3. The number of aliphatic hydroxyl groups excluding tert-OH is 1. The number of aliphatic hydroxyl groups is 1. The standard InChI is InChI=1S/C28H44O3/c1-18(2)19(3)9-10-21(5)25-13-14-26-22(8-7-15-28(25,26)6)16-27(31-30)24-17-23(29)12-11-20(24)4/h9-10,16-19,21,23,25-27,29-30H,4,7-8,11-15H2,1-3,5-6H3/b10-9+,22-16+/t19-,21+,23-,25+,26-,27-,28+/m0/s1. The molecule has 0 unspecified atom stereocenters. The van der Waals surface area contributed by atoms with Crippen molar-refractivity contribution < 1.29 is 15.3 Å². The fraction of sp³-hybridized carbons (Fsp3) is 0.714. The summed E-state index contributed by atoms with van der Waals surface area (Å²) in [4.78, 5) is 4.93. The van der Waals surface area contributed by atoms with E-state index < -0.39 is 12.2 Å². The third-order valence-corrected chi connectivity index (χ3v) is 8.75. The maximum Gasteiger partial charge on any atom is 0.136 e. The van der Waals surface area contributed by atoms with Crippen molar-refractivity contribution in [1.82, 2.24) is 0 Å². The number of rotatable bonds is 7. The maximum absolute atomic E-state index is 10.1. The molecule has 3 nitrogen and oxygen atoms in total. The van der Waals surface area contributed by atoms with Gasteiger partial charge in [-0.2, -0.15) is 0 Å². The van der Waals surface area contributed by atoms with Gasteiger partial charge in [0.05, 0.1) is 6.10 Å². The molecule has 2 N–H and O–H groups in total. The predicted octanol–water partition coefficient (Wildman–Crippen LogP) is 7.11. The minimum absolute atomic E-state index is 0.298. The van der Waals surface area contributed by atoms with E-state index in [1.54, 1.807) is 0 Å². The van der Waals surface area contributed by atoms with E-state index in [9.17, 15) is 10.4 Å². The molecule has 0 aromatic rings. The third kappa shape index (κ3) is 5.26. The number of hydrogen-bond donors (Lipinski definition) is 2. The van der Waals surface area contributed by atoms with Crippen LogP contribution < -0.4 is 0 Å². The van der Waals surface area contributed by atoms with Crippen LogP contribution in [0.5, 0.6) is 0 Å². The van der Waals surface area contributed by atoms with Gasteiger partial charge in [0.1, 0.15) is 6.10 Å². The van der Waals surface area contributed by atoms with E-state index in [0.717, 1.165) is 24.0 Å². The molecule has 2 fully saturated rings. The van der Waals surface area contributed by atoms with E-state index in [0.29, 0.717) is 41.4 Å². The monoisotopic (exact) mass is 428 g/mol. The summed E-state index contributed by atoms with van der Waals surface area (Å²) in [6.45, 7) is 15.9. The van der Waals surface area contributed by atoms with Gasteiger partial charge in [-0.25, -0.2) is 4.89 Å². The highest BCUT2D eigenvalue weighted by molar-refractivity contribution is 5.39. The Morgan fingerprint density at radius 3 is 2.55 bits per heavy atom. The molecule has 0 aliphatic heterocycles. The SMILES string of the molecule is C=C1CC[C@H](O)C=C1[C@H](/C=C1\CCC[C@]2(C)[C@@H]([C@H](C)/C=C/[C@H](C)C(C)C)CC[C@@H]12)OO. The van der Waals surface area contributed by atoms with E-state index >= 15 is 0 Å². The summed E-state index contributed by atoms with van der Waals surface area (Å²) in [5.74, 6) is 3.11. The molecule has 0 heterocycles. The first kappa shape index (κ1) is 24.5. The van der Waals surface area contributed by atoms with Gasteiger partial charge in [0.15, 0.2) is 0 Å². The smallest absolute Gasteiger partial charge is 0.136 e. The average molecular weight is 429 g/mol. The zero-order valence-electron chi connectivity index (χ0n) is 20.3. The molecule has 0 aromatic carbocycles. The van der Waals surface area contributed by atoms with Crippen molar-refractivity contribution in [1.29, 1.82) is 0 Å². The van der Waals surface area contributed by atoms with Crippen LogP contribution in [0.4, 0.5) is 0 Å². The molecule has 3 aliphatic rings. The van der Waals surface area contributed by atoms with Crippen LogP contribution in [0.25, 0.3) is 0 Å². The summed E-state index contributed by atoms with van der Waals surface area (Å²) in [7, 11) is 0. The second-order valence-corrected chi connectivity index (χ2v) is 11.0. The Morgan fingerprint density at radius 2 is 1.87 bits per heavy atom. The fourth-order valence-corrected chi connectivity index (χ4v) is 6.39. The maximum atomic E-state index is 10.1. The lowest BCUT2D eigenvalue weighted by molar-refractivity contribution is -0.256. The largest absolute Gasteiger partial charge is 0.389 e. The molecule has 0 amide bonds. The predicted molar refractivity (Wildman–Crippen MR) is 129 cm³/mol. The summed E-state index contributed by atoms with van der Waals surface area (Å²) in [5, 5.41) is 19.8. The molecule has 0 radical (unpaired) electrons. The quantitative estimate of drug-likeness (QED) is 0.258. The van der Waals surface area contributed by atoms with Crippen molar-refractivity contribution in [3.8, 4) is 0 Å². The minimum Gasteiger partial charge on any atom is -0.389 e. The van der Waals surface area contributed by atoms with Gasteiger partial charge in [0, 0.05) is 0 Å². The van der Waals surface area contributed by atoms with Gasteiger partial charge < -0.3 is 5.11 Å². The number of hydrogen-bond acceptors (Lipinski definition) is 3. The van der Waals surface area contributed by atoms with Crippen LogP contribution in [-0.2, 0) is 4.89 Å². The van der Waals surface area contributed by atoms with Crippen LogP contribution >= 0.6 is 0 Å². The lowest BCUT2D eigenvalue weighted by Gasteiger charge is -2.44. The first-order valence-electron chi connectivity index (χ1n) is 12.4. The molecule has 0 aromatic heterocycles. The molecule has 174 valence electrons. The fourth-order valence-electron chi connectivity index (χ4n) is 6.39. The molecule has 3 heteroatoms. The second kappa shape index (κ2) is 10.2. The zero-order valence-corrected chi connectivity index (χ0v) is 20.3. The summed E-state index contributed by atoms with van der Waals surface area (Å²) in [6, 6.07) is 0. The van der Waals surface area contributed by atoms with Gasteiger partial charge in [-0.3, -0.25) is 5.26 Å². The van der Waals surface area contributed by atoms with Crippen LogP contribution in [0.3, 0.4) is 0 Å². The Balaban J connectivity index is 1.80. The Labute approximate surface area is 189 Å². The van der Waals surface area contributed by atoms with Crippen LogP contribution in [-0.4, -0.2) is 22.6 Å². The lowest BCUT2D eigenvalue weighted by Crippen LogP contribution is -2.36. The van der Waals surface area contributed by atoms with Crippen molar-refractivity contribution in [2.75, 3.05) is 0 Å². The number of allylic oxidation sites excluding steroid dienone is 3. The van der Waals surface area contributed by atoms with E-state index in [1.807, 2.05) is 6.08 Å². The second-order valence-electron chi connectivity index (χ2n) is 11.0. The van der Waals surface area contributed by atoms with Gasteiger partial charge in [-0.15, -0.1) is 0 Å². The van der Waals surface area contributed by atoms with Gasteiger partial charge >= 0.3 is 0 Å². The van der Waals surface area contributed by atoms with Crippen molar-refractivity contribution in [2.24, 2.45) is 35.0 Å². The molecular weight excluding hydrogens is 384 g/mol. The Hall–Kier alpha value is -1.16. The van der Waals surface area contributed by atoms with Crippen molar-refractivity contribution >= 4 is 0 Å². The highest BCUT2D eigenvalue weighted by Gasteiger charge is 2.50. The minimum atomic E-state index is -0.525. The molecule has 2 saturated carbocycles. The topological polar surface area (TPSA) is 49.7 Å². The number of fused-ring (bicyclic) bond motifs is 1. The molecule has 7 atom stereocenters. The van der Waals surface area contributed by atoms with Crippen LogP contribution in [0.15, 0.2) is 47.6 Å². The van der Waals surface area contributed by atoms with Gasteiger partial charge in [0.2, 0.25) is 0 Å². The van der Waals surface area contributed by atoms with E-state index in [1.165, 1.54) is 31.3 Å². The van der Waals surface area contributed by atoms with Crippen LogP contribution in [0.1, 0.15) is 79.6 Å². The summed E-state index contributed by atoms with van der Waals surface area (Å²) in [5.41, 5.74) is 3.53. The van der Waals surface area contributed by atoms with Gasteiger partial charge in [-0.05, 0) is 103 Å². The average Bonchev–Trinajstić information content (AvgIpc) is 3.09. The molecule has 31 heavy (non-hydrogen) atoms. The van der Waals surface area contributed by atoms with Crippen molar-refractivity contribution in [3.63, 3.8) is 0 Å². The highest BCUT2D eigenvalue weighted by Crippen LogP contribution is 2.59. The van der Waals surface area contributed by atoms with Crippen LogP contribution in [0, 0.1) is 35.0 Å². The Morgan fingerprint density at radius 1 is 1.13 bits per heavy atom. The van der Waals surface area contributed by atoms with Crippen LogP contribution in [0.2, 0.25) is 0 Å². The van der Waals surface area contributed by atoms with Gasteiger partial charge in [-0.1, -0.05) is 58.9 Å². The zero-order chi connectivity index (χ0) is 22.8. The summed E-state index contributed by atoms with van der Waals surface area (Å²) in [6.07, 6.45) is 15.3. The highest BCUT2D eigenvalue weighted by atomic mass is 17.1. The van der Waals surface area contributed by atoms with Gasteiger partial charge in [0.25, 0.3) is 0 Å². The molecule has 0 spiro atoms. The normalized spacial score (nSPS) is 36.0. The molecule has 3 rings (SSSR count). The van der Waals surface area contributed by atoms with E-state index in [2.05, 4.69) is 59.4 Å². The molecule has 0 saturated heterocycles.